The Labute approximate surface area is 235 Å². The van der Waals surface area contributed by atoms with Crippen LogP contribution in [0.3, 0.4) is 0 Å². The van der Waals surface area contributed by atoms with Gasteiger partial charge in [-0.1, -0.05) is 39.0 Å². The Morgan fingerprint density at radius 1 is 1.05 bits per heavy atom. The summed E-state index contributed by atoms with van der Waals surface area (Å²) in [7, 11) is 0. The molecule has 8 nitrogen and oxygen atoms in total. The number of hydrazine groups is 1. The third-order valence-electron chi connectivity index (χ3n) is 6.70. The fourth-order valence-electron chi connectivity index (χ4n) is 4.55. The number of benzene rings is 2. The van der Waals surface area contributed by atoms with E-state index in [-0.39, 0.29) is 33.3 Å². The minimum Gasteiger partial charge on any atom is -0.351 e. The van der Waals surface area contributed by atoms with Gasteiger partial charge in [0.1, 0.15) is 5.69 Å². The minimum atomic E-state index is -0.701. The summed E-state index contributed by atoms with van der Waals surface area (Å²) in [6.45, 7) is 9.62. The molecule has 2 aromatic heterocycles. The van der Waals surface area contributed by atoms with Gasteiger partial charge in [0.25, 0.3) is 0 Å². The van der Waals surface area contributed by atoms with Gasteiger partial charge in [0.2, 0.25) is 11.8 Å². The summed E-state index contributed by atoms with van der Waals surface area (Å²) < 4.78 is 30.4. The fourth-order valence-corrected chi connectivity index (χ4v) is 5.65. The molecular weight excluding hydrogens is 532 g/mol. The van der Waals surface area contributed by atoms with E-state index in [4.69, 9.17) is 9.97 Å². The first-order chi connectivity index (χ1) is 19.1. The molecule has 0 saturated carbocycles. The number of piperidine rings is 1. The van der Waals surface area contributed by atoms with Crippen molar-refractivity contribution in [3.63, 3.8) is 0 Å². The molecule has 0 amide bonds. The van der Waals surface area contributed by atoms with Crippen LogP contribution in [0.15, 0.2) is 48.7 Å². The molecule has 11 heteroatoms. The van der Waals surface area contributed by atoms with E-state index >= 15 is 4.39 Å². The van der Waals surface area contributed by atoms with E-state index in [2.05, 4.69) is 21.0 Å². The Morgan fingerprint density at radius 3 is 2.52 bits per heavy atom. The van der Waals surface area contributed by atoms with Crippen LogP contribution in [0.25, 0.3) is 21.8 Å². The molecule has 1 fully saturated rings. The van der Waals surface area contributed by atoms with Crippen molar-refractivity contribution in [2.45, 2.75) is 52.0 Å². The Kier molecular flexibility index (Phi) is 7.86. The van der Waals surface area contributed by atoms with E-state index in [1.54, 1.807) is 37.4 Å². The smallest absolute Gasteiger partial charge is 0.330 e. The van der Waals surface area contributed by atoms with Crippen LogP contribution in [0.1, 0.15) is 44.2 Å². The molecule has 0 atom stereocenters. The van der Waals surface area contributed by atoms with Crippen molar-refractivity contribution < 1.29 is 13.6 Å². The first-order valence-electron chi connectivity index (χ1n) is 13.2. The molecule has 4 aromatic rings. The molecule has 0 spiro atoms. The molecule has 40 heavy (non-hydrogen) atoms. The lowest BCUT2D eigenvalue weighted by atomic mass is 9.98. The highest BCUT2D eigenvalue weighted by Crippen LogP contribution is 2.42. The third-order valence-corrected chi connectivity index (χ3v) is 8.20. The predicted molar refractivity (Wildman–Crippen MR) is 155 cm³/mol. The number of halogens is 2. The number of nitroso groups, excluding NO2 is 1. The van der Waals surface area contributed by atoms with Crippen LogP contribution >= 0.6 is 11.3 Å². The number of nitrogens with zero attached hydrogens (tertiary/aromatic N) is 4. The number of aryl methyl sites for hydroxylation is 1. The molecule has 3 N–H and O–H groups in total. The van der Waals surface area contributed by atoms with Gasteiger partial charge in [-0.3, -0.25) is 0 Å². The van der Waals surface area contributed by atoms with Gasteiger partial charge in [-0.15, -0.1) is 16.8 Å². The van der Waals surface area contributed by atoms with E-state index in [1.165, 1.54) is 29.5 Å². The number of anilines is 2. The van der Waals surface area contributed by atoms with Crippen molar-refractivity contribution >= 4 is 28.7 Å². The van der Waals surface area contributed by atoms with Crippen molar-refractivity contribution in [2.75, 3.05) is 23.8 Å². The van der Waals surface area contributed by atoms with E-state index in [9.17, 15) is 9.30 Å². The van der Waals surface area contributed by atoms with Gasteiger partial charge in [0.05, 0.1) is 26.2 Å². The topological polar surface area (TPSA) is 94.8 Å². The maximum Gasteiger partial charge on any atom is 0.330 e. The monoisotopic (exact) mass is 564 g/mol. The highest BCUT2D eigenvalue weighted by atomic mass is 32.1. The average Bonchev–Trinajstić information content (AvgIpc) is 3.37. The molecule has 3 heterocycles. The molecular formula is C29H32F2N7OS+. The molecule has 2 aromatic carbocycles. The zero-order valence-corrected chi connectivity index (χ0v) is 23.7. The molecule has 0 aliphatic carbocycles. The second kappa shape index (κ2) is 11.3. The minimum absolute atomic E-state index is 0.0950. The Morgan fingerprint density at radius 2 is 1.80 bits per heavy atom. The highest BCUT2D eigenvalue weighted by Gasteiger charge is 2.29. The van der Waals surface area contributed by atoms with Gasteiger partial charge < -0.3 is 10.6 Å². The number of hydrogen-bond acceptors (Lipinski definition) is 7. The van der Waals surface area contributed by atoms with Gasteiger partial charge in [-0.2, -0.15) is 4.39 Å². The van der Waals surface area contributed by atoms with Crippen molar-refractivity contribution in [3.8, 4) is 21.8 Å². The average molecular weight is 565 g/mol. The summed E-state index contributed by atoms with van der Waals surface area (Å²) >= 11 is 1.45. The Bertz CT molecular complexity index is 1520. The van der Waals surface area contributed by atoms with Crippen molar-refractivity contribution in [1.29, 1.82) is 0 Å². The van der Waals surface area contributed by atoms with E-state index in [0.717, 1.165) is 30.9 Å². The fraction of sp³-hybridized carbons (Fsp3) is 0.345. The van der Waals surface area contributed by atoms with Crippen molar-refractivity contribution in [2.24, 2.45) is 0 Å². The maximum atomic E-state index is 16.0. The SMILES string of the molecule is Cc1cccc(F)c1[N+](=O)Nc1cccc(-c2nc(C(C)(C)C)sc2-c2ccnc(NC3CCNCC3)n2)c1F. The molecule has 208 valence electrons. The zero-order valence-electron chi connectivity index (χ0n) is 22.9. The zero-order chi connectivity index (χ0) is 28.4. The number of nitrogens with one attached hydrogen (secondary N) is 3. The van der Waals surface area contributed by atoms with Crippen LogP contribution in [0, 0.1) is 23.5 Å². The van der Waals surface area contributed by atoms with Crippen LogP contribution in [0.4, 0.5) is 26.1 Å². The van der Waals surface area contributed by atoms with Crippen molar-refractivity contribution in [3.05, 3.63) is 75.8 Å². The summed E-state index contributed by atoms with van der Waals surface area (Å²) in [4.78, 5) is 27.8. The largest absolute Gasteiger partial charge is 0.351 e. The van der Waals surface area contributed by atoms with Crippen LogP contribution in [-0.2, 0) is 5.41 Å². The lowest BCUT2D eigenvalue weighted by Crippen LogP contribution is -2.35. The first-order valence-corrected chi connectivity index (χ1v) is 14.0. The molecule has 0 unspecified atom stereocenters. The predicted octanol–water partition coefficient (Wildman–Crippen LogP) is 6.75. The summed E-state index contributed by atoms with van der Waals surface area (Å²) in [5.41, 5.74) is 3.55. The highest BCUT2D eigenvalue weighted by molar-refractivity contribution is 7.15. The molecule has 0 radical (unpaired) electrons. The number of aromatic nitrogens is 3. The lowest BCUT2D eigenvalue weighted by Gasteiger charge is -2.23. The second-order valence-corrected chi connectivity index (χ2v) is 11.9. The van der Waals surface area contributed by atoms with Crippen LogP contribution < -0.4 is 16.1 Å². The molecule has 1 saturated heterocycles. The lowest BCUT2D eigenvalue weighted by molar-refractivity contribution is -0.431. The second-order valence-electron chi connectivity index (χ2n) is 10.9. The molecule has 1 aliphatic heterocycles. The van der Waals surface area contributed by atoms with Crippen LogP contribution in [0.2, 0.25) is 0 Å². The summed E-state index contributed by atoms with van der Waals surface area (Å²) in [6, 6.07) is 11.1. The van der Waals surface area contributed by atoms with Gasteiger partial charge in [-0.25, -0.2) is 19.3 Å². The number of thiazole rings is 1. The standard InChI is InChI=1S/C29H32F2N7OS/c1-17-7-5-9-20(30)25(17)38(39)37-21-10-6-8-19(23(21)31)24-26(40-27(36-24)29(2,3)4)22-13-16-33-28(35-22)34-18-11-14-32-15-12-18/h5-10,13,16,18,32H,11-12,14-15H2,1-4H3,(H,37,39)(H,33,34,35)/q+1. The molecule has 1 aliphatic rings. The molecule has 5 rings (SSSR count). The Balaban J connectivity index is 1.53. The number of rotatable bonds is 7. The summed E-state index contributed by atoms with van der Waals surface area (Å²) in [5, 5.41) is 7.58. The Hall–Kier alpha value is -3.83. The van der Waals surface area contributed by atoms with E-state index < -0.39 is 11.6 Å². The van der Waals surface area contributed by atoms with E-state index in [1.807, 2.05) is 20.8 Å². The summed E-state index contributed by atoms with van der Waals surface area (Å²) in [6.07, 6.45) is 3.63. The van der Waals surface area contributed by atoms with Gasteiger partial charge >= 0.3 is 5.69 Å². The van der Waals surface area contributed by atoms with Crippen LogP contribution in [-0.4, -0.2) is 39.0 Å². The molecule has 0 bridgehead atoms. The van der Waals surface area contributed by atoms with Gasteiger partial charge in [0.15, 0.2) is 10.7 Å². The normalized spacial score (nSPS) is 14.2. The first kappa shape index (κ1) is 27.7. The quantitative estimate of drug-likeness (QED) is 0.169. The van der Waals surface area contributed by atoms with Crippen LogP contribution in [0.5, 0.6) is 0 Å². The maximum absolute atomic E-state index is 16.0. The number of hydrogen-bond donors (Lipinski definition) is 3. The van der Waals surface area contributed by atoms with E-state index in [0.29, 0.717) is 27.8 Å². The van der Waals surface area contributed by atoms with Gasteiger partial charge in [-0.05, 0) is 57.1 Å². The third kappa shape index (κ3) is 5.85. The summed E-state index contributed by atoms with van der Waals surface area (Å²) in [5.74, 6) is -0.862. The number of para-hydroxylation sites is 1. The van der Waals surface area contributed by atoms with Gasteiger partial charge in [0, 0.05) is 28.8 Å². The van der Waals surface area contributed by atoms with Crippen molar-refractivity contribution in [1.82, 2.24) is 20.3 Å².